The molecule has 0 unspecified atom stereocenters. The first-order chi connectivity index (χ1) is 65.2. The zero-order chi connectivity index (χ0) is 101. The fourth-order valence-electron chi connectivity index (χ4n) is 14.5. The van der Waals surface area contributed by atoms with Crippen LogP contribution in [-0.2, 0) is 39.6 Å². The summed E-state index contributed by atoms with van der Waals surface area (Å²) < 4.78 is 51.8. The SMILES string of the molecule is CNC(=O)N(C)c1cccc(Br)c1COc1ccc(C)cc1C.CNC(=O)N(C)c1cccc(C)c1COc1ccc(C)cc1C.CNC(=O)N(C)c1cccc(Cl)c1COc1ccc(C)cc1C.CNC(=O)N(C)c1cccc(F)c1COc1ccc(C)cc1C.CNC(=O)N(C)c1cccc(I)c1COc1ccc(C)cc1C.CNC(=O)N(C)c1ccccc1COc1ccc(C)cc1C. The van der Waals surface area contributed by atoms with Crippen molar-refractivity contribution in [3.05, 3.63) is 349 Å². The molecule has 6 N–H and O–H groups in total. The van der Waals surface area contributed by atoms with Crippen molar-refractivity contribution in [2.75, 3.05) is 114 Å². The lowest BCUT2D eigenvalue weighted by Gasteiger charge is -2.22. The molecular weight excluding hydrogens is 1930 g/mol. The maximum absolute atomic E-state index is 14.2. The van der Waals surface area contributed by atoms with Crippen LogP contribution in [0.2, 0.25) is 5.02 Å². The predicted molar refractivity (Wildman–Crippen MR) is 567 cm³/mol. The summed E-state index contributed by atoms with van der Waals surface area (Å²) in [5.41, 5.74) is 24.3. The molecule has 0 saturated carbocycles. The molecule has 0 radical (unpaired) electrons. The Kier molecular flexibility index (Phi) is 43.8. The highest BCUT2D eigenvalue weighted by molar-refractivity contribution is 14.1. The minimum absolute atomic E-state index is 0.0489. The van der Waals surface area contributed by atoms with Gasteiger partial charge in [0.05, 0.1) is 34.1 Å². The van der Waals surface area contributed by atoms with Gasteiger partial charge in [-0.15, -0.1) is 0 Å². The number of benzene rings is 12. The normalized spacial score (nSPS) is 10.3. The van der Waals surface area contributed by atoms with Gasteiger partial charge in [-0.05, 0) is 249 Å². The van der Waals surface area contributed by atoms with Crippen LogP contribution >= 0.6 is 50.1 Å². The molecule has 0 aromatic heterocycles. The van der Waals surface area contributed by atoms with Gasteiger partial charge in [0, 0.05) is 131 Å². The Balaban J connectivity index is 0.000000224. The largest absolute Gasteiger partial charge is 0.489 e. The quantitative estimate of drug-likeness (QED) is 0.0309. The van der Waals surface area contributed by atoms with Crippen LogP contribution in [0.1, 0.15) is 106 Å². The molecule has 0 bridgehead atoms. The molecule has 12 aromatic carbocycles. The maximum atomic E-state index is 14.2. The Hall–Kier alpha value is -13.5. The number of carbonyl (C=O) groups is 6. The molecule has 0 aliphatic carbocycles. The van der Waals surface area contributed by atoms with Gasteiger partial charge < -0.3 is 60.3 Å². The van der Waals surface area contributed by atoms with Gasteiger partial charge >= 0.3 is 36.2 Å². The fourth-order valence-corrected chi connectivity index (χ4v) is 15.8. The van der Waals surface area contributed by atoms with E-state index in [9.17, 15) is 33.2 Å². The molecule has 0 aliphatic rings. The minimum Gasteiger partial charge on any atom is -0.489 e. The summed E-state index contributed by atoms with van der Waals surface area (Å²) in [6.45, 7) is 28.4. The number of ether oxygens (including phenoxy) is 6. The molecule has 12 rings (SSSR count). The number of rotatable bonds is 24. The average Bonchev–Trinajstić information content (AvgIpc) is 0.802. The second kappa shape index (κ2) is 54.3. The smallest absolute Gasteiger partial charge is 0.321 e. The van der Waals surface area contributed by atoms with Gasteiger partial charge in [0.15, 0.2) is 0 Å². The number of urea groups is 6. The summed E-state index contributed by atoms with van der Waals surface area (Å²) in [6, 6.07) is 70.5. The highest BCUT2D eigenvalue weighted by Gasteiger charge is 2.24. The van der Waals surface area contributed by atoms with E-state index >= 15 is 0 Å². The summed E-state index contributed by atoms with van der Waals surface area (Å²) in [5.74, 6) is 4.55. The Bertz CT molecular complexity index is 5430. The van der Waals surface area contributed by atoms with Gasteiger partial charge in [-0.1, -0.05) is 188 Å². The van der Waals surface area contributed by atoms with E-state index < -0.39 is 5.82 Å². The zero-order valence-electron chi connectivity index (χ0n) is 83.2. The van der Waals surface area contributed by atoms with Gasteiger partial charge in [-0.25, -0.2) is 33.2 Å². The average molecular weight is 2060 g/mol. The van der Waals surface area contributed by atoms with Gasteiger partial charge in [0.2, 0.25) is 0 Å². The summed E-state index contributed by atoms with van der Waals surface area (Å²) in [5, 5.41) is 16.2. The minimum atomic E-state index is -0.400. The van der Waals surface area contributed by atoms with Crippen LogP contribution in [0.15, 0.2) is 229 Å². The van der Waals surface area contributed by atoms with Crippen LogP contribution in [-0.4, -0.2) is 121 Å². The van der Waals surface area contributed by atoms with Gasteiger partial charge in [-0.3, -0.25) is 29.4 Å². The van der Waals surface area contributed by atoms with E-state index in [2.05, 4.69) is 128 Å². The van der Waals surface area contributed by atoms with Crippen molar-refractivity contribution >= 4 is 120 Å². The third-order valence-electron chi connectivity index (χ3n) is 22.3. The standard InChI is InChI=1S/C19H24N2O2.C18H21BrN2O2.C18H21ClN2O2.C18H21FN2O2.C18H21IN2O2.C18H22N2O2/c1-13-9-10-18(15(3)11-13)23-12-16-14(2)7-6-8-17(16)21(5)19(22)20-4;4*1-12-8-9-17(13(2)10-12)23-11-14-15(19)6-5-7-16(14)21(4)18(22)20-3;1-13-9-10-17(14(2)11-13)22-12-15-7-5-6-8-16(15)20(4)18(21)19-3/h6-11H,12H2,1-5H3,(H,20,22);4*5-10H,11H2,1-4H3,(H,20,22);5-11H,12H2,1-4H3,(H,19,21). The lowest BCUT2D eigenvalue weighted by atomic mass is 10.1. The van der Waals surface area contributed by atoms with Crippen molar-refractivity contribution in [2.45, 2.75) is 130 Å². The lowest BCUT2D eigenvalue weighted by molar-refractivity contribution is 0.248. The van der Waals surface area contributed by atoms with Crippen LogP contribution in [0.25, 0.3) is 0 Å². The first-order valence-corrected chi connectivity index (χ1v) is 46.7. The Morgan fingerprint density at radius 2 is 0.533 bits per heavy atom. The summed E-state index contributed by atoms with van der Waals surface area (Å²) in [6.07, 6.45) is 0. The van der Waals surface area contributed by atoms with Gasteiger partial charge in [0.25, 0.3) is 0 Å². The van der Waals surface area contributed by atoms with E-state index in [0.717, 1.165) is 138 Å². The first-order valence-electron chi connectivity index (χ1n) is 44.4. The monoisotopic (exact) mass is 2060 g/mol. The molecule has 726 valence electrons. The third-order valence-corrected chi connectivity index (χ3v) is 24.4. The fraction of sp³-hybridized carbons (Fsp3) is 0.284. The van der Waals surface area contributed by atoms with Crippen LogP contribution in [0.5, 0.6) is 34.5 Å². The molecule has 0 aliphatic heterocycles. The predicted octanol–water partition coefficient (Wildman–Crippen LogP) is 24.4. The van der Waals surface area contributed by atoms with Crippen molar-refractivity contribution in [1.82, 2.24) is 31.9 Å². The molecule has 0 saturated heterocycles. The number of carbonyl (C=O) groups excluding carboxylic acids is 6. The number of anilines is 6. The van der Waals surface area contributed by atoms with E-state index in [-0.39, 0.29) is 42.8 Å². The lowest BCUT2D eigenvalue weighted by Crippen LogP contribution is -2.35. The van der Waals surface area contributed by atoms with E-state index in [0.29, 0.717) is 55.1 Å². The number of para-hydroxylation sites is 1. The number of hydrogen-bond donors (Lipinski definition) is 6. The van der Waals surface area contributed by atoms with Crippen LogP contribution in [0.3, 0.4) is 0 Å². The molecule has 0 spiro atoms. The first kappa shape index (κ1) is 110. The second-order valence-corrected chi connectivity index (χ2v) is 35.1. The van der Waals surface area contributed by atoms with E-state index in [1.807, 2.05) is 232 Å². The molecule has 0 heterocycles. The topological polar surface area (TPSA) is 249 Å². The van der Waals surface area contributed by atoms with Crippen molar-refractivity contribution < 1.29 is 61.6 Å². The van der Waals surface area contributed by atoms with Crippen molar-refractivity contribution in [2.24, 2.45) is 0 Å². The third kappa shape index (κ3) is 32.1. The number of aryl methyl sites for hydroxylation is 13. The van der Waals surface area contributed by atoms with Crippen LogP contribution in [0, 0.1) is 99.4 Å². The molecule has 12 amide bonds. The molecule has 0 fully saturated rings. The van der Waals surface area contributed by atoms with Gasteiger partial charge in [0.1, 0.15) is 80.0 Å². The van der Waals surface area contributed by atoms with Crippen molar-refractivity contribution in [3.63, 3.8) is 0 Å². The number of nitrogens with one attached hydrogen (secondary N) is 6. The molecular formula is C109H130BrClFIN12O12. The number of halogens is 4. The van der Waals surface area contributed by atoms with E-state index in [1.54, 1.807) is 115 Å². The Morgan fingerprint density at radius 1 is 0.285 bits per heavy atom. The van der Waals surface area contributed by atoms with Crippen LogP contribution in [0.4, 0.5) is 67.3 Å². The summed E-state index contributed by atoms with van der Waals surface area (Å²) in [7, 11) is 19.9. The summed E-state index contributed by atoms with van der Waals surface area (Å²) in [4.78, 5) is 80.4. The summed E-state index contributed by atoms with van der Waals surface area (Å²) >= 11 is 12.1. The van der Waals surface area contributed by atoms with Crippen molar-refractivity contribution in [1.29, 1.82) is 0 Å². The number of hydrogen-bond acceptors (Lipinski definition) is 12. The zero-order valence-corrected chi connectivity index (χ0v) is 87.7. The van der Waals surface area contributed by atoms with Crippen LogP contribution < -0.4 is 89.7 Å². The van der Waals surface area contributed by atoms with E-state index in [4.69, 9.17) is 40.0 Å². The number of nitrogens with zero attached hydrogens (tertiary/aromatic N) is 6. The molecule has 28 heteroatoms. The number of amides is 12. The Morgan fingerprint density at radius 3 is 0.883 bits per heavy atom. The maximum Gasteiger partial charge on any atom is 0.321 e. The molecule has 137 heavy (non-hydrogen) atoms. The van der Waals surface area contributed by atoms with E-state index in [1.165, 1.54) is 50.7 Å². The highest BCUT2D eigenvalue weighted by atomic mass is 127. The van der Waals surface area contributed by atoms with Crippen molar-refractivity contribution in [3.8, 4) is 34.5 Å². The highest BCUT2D eigenvalue weighted by Crippen LogP contribution is 2.36. The molecule has 24 nitrogen and oxygen atoms in total. The second-order valence-electron chi connectivity index (χ2n) is 32.7. The van der Waals surface area contributed by atoms with Gasteiger partial charge in [-0.2, -0.15) is 0 Å². The Labute approximate surface area is 835 Å². The molecule has 12 aromatic rings. The molecule has 0 atom stereocenters.